The summed E-state index contributed by atoms with van der Waals surface area (Å²) in [6.45, 7) is 3.43. The Morgan fingerprint density at radius 3 is 2.93 bits per heavy atom. The van der Waals surface area contributed by atoms with Crippen LogP contribution in [0.25, 0.3) is 0 Å². The molecular weight excluding hydrogens is 182 g/mol. The Morgan fingerprint density at radius 2 is 2.36 bits per heavy atom. The van der Waals surface area contributed by atoms with Gasteiger partial charge in [0, 0.05) is 19.6 Å². The monoisotopic (exact) mass is 201 g/mol. The molecule has 1 unspecified atom stereocenters. The highest BCUT2D eigenvalue weighted by atomic mass is 16.3. The van der Waals surface area contributed by atoms with E-state index >= 15 is 0 Å². The number of hydrogen-bond donors (Lipinski definition) is 3. The number of nitrogens with two attached hydrogens (primary N) is 1. The van der Waals surface area contributed by atoms with Crippen molar-refractivity contribution in [3.8, 4) is 0 Å². The van der Waals surface area contributed by atoms with Crippen molar-refractivity contribution in [2.24, 2.45) is 5.73 Å². The van der Waals surface area contributed by atoms with Crippen LogP contribution in [0.4, 0.5) is 4.79 Å². The maximum absolute atomic E-state index is 10.3. The number of carbonyl (C=O) groups excluding carboxylic acids is 1. The number of amides is 2. The van der Waals surface area contributed by atoms with Gasteiger partial charge in [-0.05, 0) is 25.8 Å². The first-order valence-corrected chi connectivity index (χ1v) is 5.12. The smallest absolute Gasteiger partial charge is 0.312 e. The third kappa shape index (κ3) is 4.43. The second-order valence-electron chi connectivity index (χ2n) is 3.74. The molecule has 5 heteroatoms. The predicted molar refractivity (Wildman–Crippen MR) is 53.9 cm³/mol. The van der Waals surface area contributed by atoms with Crippen LogP contribution in [0.2, 0.25) is 0 Å². The average molecular weight is 201 g/mol. The Labute approximate surface area is 84.3 Å². The molecule has 1 rings (SSSR count). The number of likely N-dealkylation sites (tertiary alicyclic amines) is 1. The summed E-state index contributed by atoms with van der Waals surface area (Å²) < 4.78 is 0. The molecular formula is C9H19N3O2. The number of hydrogen-bond acceptors (Lipinski definition) is 3. The summed E-state index contributed by atoms with van der Waals surface area (Å²) in [5, 5.41) is 11.8. The fourth-order valence-corrected chi connectivity index (χ4v) is 1.69. The molecule has 0 bridgehead atoms. The summed E-state index contributed by atoms with van der Waals surface area (Å²) in [4.78, 5) is 12.6. The van der Waals surface area contributed by atoms with Crippen molar-refractivity contribution in [1.82, 2.24) is 10.2 Å². The quantitative estimate of drug-likeness (QED) is 0.525. The molecule has 1 fully saturated rings. The lowest BCUT2D eigenvalue weighted by molar-refractivity contribution is 0.176. The lowest BCUT2D eigenvalue weighted by Gasteiger charge is -2.14. The molecule has 0 spiro atoms. The molecule has 14 heavy (non-hydrogen) atoms. The van der Waals surface area contributed by atoms with Crippen molar-refractivity contribution < 1.29 is 9.90 Å². The molecule has 0 aromatic carbocycles. The van der Waals surface area contributed by atoms with Gasteiger partial charge in [0.25, 0.3) is 0 Å². The van der Waals surface area contributed by atoms with Gasteiger partial charge in [-0.25, -0.2) is 4.79 Å². The lowest BCUT2D eigenvalue weighted by Crippen LogP contribution is -2.30. The van der Waals surface area contributed by atoms with Gasteiger partial charge in [-0.2, -0.15) is 0 Å². The lowest BCUT2D eigenvalue weighted by atomic mass is 10.3. The number of aliphatic hydroxyl groups excluding tert-OH is 1. The fourth-order valence-electron chi connectivity index (χ4n) is 1.69. The second kappa shape index (κ2) is 5.82. The molecule has 1 atom stereocenters. The molecule has 0 aromatic rings. The number of unbranched alkanes of at least 4 members (excludes halogenated alkanes) is 1. The first-order valence-electron chi connectivity index (χ1n) is 5.12. The van der Waals surface area contributed by atoms with Gasteiger partial charge >= 0.3 is 6.03 Å². The zero-order valence-electron chi connectivity index (χ0n) is 8.41. The zero-order valence-corrected chi connectivity index (χ0v) is 8.41. The predicted octanol–water partition coefficient (Wildman–Crippen LogP) is -0.498. The minimum absolute atomic E-state index is 0.140. The van der Waals surface area contributed by atoms with E-state index in [0.717, 1.165) is 38.9 Å². The Hall–Kier alpha value is -0.810. The highest BCUT2D eigenvalue weighted by Crippen LogP contribution is 2.08. The minimum Gasteiger partial charge on any atom is -0.392 e. The number of aliphatic hydroxyl groups is 1. The summed E-state index contributed by atoms with van der Waals surface area (Å²) in [6.07, 6.45) is 2.72. The fraction of sp³-hybridized carbons (Fsp3) is 0.889. The highest BCUT2D eigenvalue weighted by molar-refractivity contribution is 5.71. The van der Waals surface area contributed by atoms with Crippen LogP contribution in [0, 0.1) is 0 Å². The topological polar surface area (TPSA) is 78.6 Å². The van der Waals surface area contributed by atoms with Gasteiger partial charge in [-0.1, -0.05) is 0 Å². The van der Waals surface area contributed by atoms with Crippen LogP contribution in [-0.2, 0) is 0 Å². The van der Waals surface area contributed by atoms with Gasteiger partial charge in [-0.15, -0.1) is 0 Å². The minimum atomic E-state index is -0.457. The van der Waals surface area contributed by atoms with Crippen LogP contribution >= 0.6 is 0 Å². The SMILES string of the molecule is NC(=O)NCCCCN1CCC(O)C1. The molecule has 0 aliphatic carbocycles. The van der Waals surface area contributed by atoms with Crippen molar-refractivity contribution in [3.63, 3.8) is 0 Å². The summed E-state index contributed by atoms with van der Waals surface area (Å²) in [5.74, 6) is 0. The maximum Gasteiger partial charge on any atom is 0.312 e. The number of nitrogens with one attached hydrogen (secondary N) is 1. The molecule has 0 aromatic heterocycles. The van der Waals surface area contributed by atoms with Gasteiger partial charge in [0.1, 0.15) is 0 Å². The first-order chi connectivity index (χ1) is 6.68. The molecule has 2 amide bonds. The third-order valence-electron chi connectivity index (χ3n) is 2.45. The number of β-amino-alcohol motifs (C(OH)–C–C–N with tert-alkyl or cyclic N) is 1. The molecule has 0 radical (unpaired) electrons. The van der Waals surface area contributed by atoms with E-state index < -0.39 is 6.03 Å². The van der Waals surface area contributed by atoms with Crippen molar-refractivity contribution in [2.45, 2.75) is 25.4 Å². The Morgan fingerprint density at radius 1 is 1.57 bits per heavy atom. The number of carbonyl (C=O) groups is 1. The van der Waals surface area contributed by atoms with E-state index in [0.29, 0.717) is 6.54 Å². The van der Waals surface area contributed by atoms with Crippen LogP contribution in [0.1, 0.15) is 19.3 Å². The van der Waals surface area contributed by atoms with E-state index in [4.69, 9.17) is 5.73 Å². The molecule has 4 N–H and O–H groups in total. The maximum atomic E-state index is 10.3. The van der Waals surface area contributed by atoms with Crippen molar-refractivity contribution in [2.75, 3.05) is 26.2 Å². The average Bonchev–Trinajstić information content (AvgIpc) is 2.50. The number of nitrogens with zero attached hydrogens (tertiary/aromatic N) is 1. The summed E-state index contributed by atoms with van der Waals surface area (Å²) in [7, 11) is 0. The van der Waals surface area contributed by atoms with Crippen molar-refractivity contribution >= 4 is 6.03 Å². The van der Waals surface area contributed by atoms with E-state index in [1.807, 2.05) is 0 Å². The highest BCUT2D eigenvalue weighted by Gasteiger charge is 2.18. The normalized spacial score (nSPS) is 22.5. The van der Waals surface area contributed by atoms with Crippen LogP contribution in [0.15, 0.2) is 0 Å². The van der Waals surface area contributed by atoms with Crippen LogP contribution in [0.3, 0.4) is 0 Å². The molecule has 0 saturated carbocycles. The Kier molecular flexibility index (Phi) is 4.69. The van der Waals surface area contributed by atoms with Gasteiger partial charge in [0.2, 0.25) is 0 Å². The number of primary amides is 1. The van der Waals surface area contributed by atoms with E-state index in [2.05, 4.69) is 10.2 Å². The van der Waals surface area contributed by atoms with Crippen LogP contribution in [-0.4, -0.2) is 48.3 Å². The Bertz CT molecular complexity index is 187. The summed E-state index contributed by atoms with van der Waals surface area (Å²) in [6, 6.07) is -0.457. The number of rotatable bonds is 5. The molecule has 1 saturated heterocycles. The largest absolute Gasteiger partial charge is 0.392 e. The van der Waals surface area contributed by atoms with E-state index in [9.17, 15) is 9.90 Å². The standard InChI is InChI=1S/C9H19N3O2/c10-9(14)11-4-1-2-5-12-6-3-8(13)7-12/h8,13H,1-7H2,(H3,10,11,14). The van der Waals surface area contributed by atoms with Gasteiger partial charge < -0.3 is 21.1 Å². The second-order valence-corrected chi connectivity index (χ2v) is 3.74. The van der Waals surface area contributed by atoms with Crippen LogP contribution in [0.5, 0.6) is 0 Å². The Balaban J connectivity index is 1.91. The summed E-state index contributed by atoms with van der Waals surface area (Å²) in [5.41, 5.74) is 4.92. The van der Waals surface area contributed by atoms with Crippen LogP contribution < -0.4 is 11.1 Å². The molecule has 1 heterocycles. The number of urea groups is 1. The summed E-state index contributed by atoms with van der Waals surface area (Å²) >= 11 is 0. The third-order valence-corrected chi connectivity index (χ3v) is 2.45. The van der Waals surface area contributed by atoms with Gasteiger partial charge in [0.05, 0.1) is 6.10 Å². The first kappa shape index (κ1) is 11.3. The van der Waals surface area contributed by atoms with Gasteiger partial charge in [0.15, 0.2) is 0 Å². The van der Waals surface area contributed by atoms with Crippen molar-refractivity contribution in [1.29, 1.82) is 0 Å². The molecule has 1 aliphatic rings. The molecule has 82 valence electrons. The van der Waals surface area contributed by atoms with E-state index in [-0.39, 0.29) is 6.10 Å². The van der Waals surface area contributed by atoms with Crippen molar-refractivity contribution in [3.05, 3.63) is 0 Å². The van der Waals surface area contributed by atoms with E-state index in [1.165, 1.54) is 0 Å². The van der Waals surface area contributed by atoms with E-state index in [1.54, 1.807) is 0 Å². The zero-order chi connectivity index (χ0) is 10.4. The van der Waals surface area contributed by atoms with Gasteiger partial charge in [-0.3, -0.25) is 0 Å². The molecule has 5 nitrogen and oxygen atoms in total. The molecule has 1 aliphatic heterocycles.